The smallest absolute Gasteiger partial charge is 0.194 e. The normalized spacial score (nSPS) is 11.2. The highest BCUT2D eigenvalue weighted by atomic mass is 35.5. The number of halogens is 1. The average Bonchev–Trinajstić information content (AvgIpc) is 2.89. The van der Waals surface area contributed by atoms with Crippen LogP contribution in [0.25, 0.3) is 16.2 Å². The summed E-state index contributed by atoms with van der Waals surface area (Å²) in [5.74, 6) is 0. The molecule has 0 atom stereocenters. The molecule has 0 radical (unpaired) electrons. The van der Waals surface area contributed by atoms with Crippen molar-refractivity contribution in [2.24, 2.45) is 5.73 Å². The summed E-state index contributed by atoms with van der Waals surface area (Å²) >= 11 is 7.50. The summed E-state index contributed by atoms with van der Waals surface area (Å²) in [5.41, 5.74) is 8.75. The van der Waals surface area contributed by atoms with Gasteiger partial charge in [0.2, 0.25) is 0 Å². The number of hydrogen-bond acceptors (Lipinski definition) is 3. The first kappa shape index (κ1) is 10.8. The van der Waals surface area contributed by atoms with Gasteiger partial charge in [0.1, 0.15) is 0 Å². The van der Waals surface area contributed by atoms with E-state index in [0.717, 1.165) is 26.9 Å². The molecule has 0 unspecified atom stereocenters. The fraction of sp³-hybridized carbons (Fsp3) is 0.0833. The maximum Gasteiger partial charge on any atom is 0.194 e. The van der Waals surface area contributed by atoms with Gasteiger partial charge in [0.15, 0.2) is 4.96 Å². The third-order valence-corrected chi connectivity index (χ3v) is 3.70. The van der Waals surface area contributed by atoms with E-state index in [1.807, 2.05) is 30.5 Å². The maximum atomic E-state index is 5.88. The summed E-state index contributed by atoms with van der Waals surface area (Å²) in [6.07, 6.45) is 1.98. The van der Waals surface area contributed by atoms with Crippen LogP contribution >= 0.6 is 22.9 Å². The van der Waals surface area contributed by atoms with Crippen LogP contribution in [0.4, 0.5) is 0 Å². The van der Waals surface area contributed by atoms with Gasteiger partial charge in [-0.1, -0.05) is 23.7 Å². The standard InChI is InChI=1S/C12H10ClN3S/c13-9-3-1-8(2-4-9)11-7-17-12-15-10(5-14)6-16(11)12/h1-4,6-7H,5,14H2. The molecule has 86 valence electrons. The second-order valence-corrected chi connectivity index (χ2v) is 4.99. The highest BCUT2D eigenvalue weighted by Crippen LogP contribution is 2.27. The van der Waals surface area contributed by atoms with Gasteiger partial charge >= 0.3 is 0 Å². The number of rotatable bonds is 2. The molecule has 2 heterocycles. The van der Waals surface area contributed by atoms with E-state index < -0.39 is 0 Å². The zero-order chi connectivity index (χ0) is 11.8. The molecule has 5 heteroatoms. The largest absolute Gasteiger partial charge is 0.325 e. The van der Waals surface area contributed by atoms with Gasteiger partial charge in [0, 0.05) is 23.1 Å². The van der Waals surface area contributed by atoms with Gasteiger partial charge in [-0.05, 0) is 17.7 Å². The SMILES string of the molecule is NCc1cn2c(-c3ccc(Cl)cc3)csc2n1. The minimum atomic E-state index is 0.467. The fourth-order valence-electron chi connectivity index (χ4n) is 1.76. The molecular weight excluding hydrogens is 254 g/mol. The lowest BCUT2D eigenvalue weighted by atomic mass is 10.2. The Morgan fingerprint density at radius 2 is 2.06 bits per heavy atom. The van der Waals surface area contributed by atoms with E-state index in [0.29, 0.717) is 6.54 Å². The number of aromatic nitrogens is 2. The van der Waals surface area contributed by atoms with Crippen LogP contribution in [0.3, 0.4) is 0 Å². The summed E-state index contributed by atoms with van der Waals surface area (Å²) in [6, 6.07) is 7.79. The van der Waals surface area contributed by atoms with Crippen LogP contribution < -0.4 is 5.73 Å². The average molecular weight is 264 g/mol. The molecule has 0 aliphatic rings. The molecule has 17 heavy (non-hydrogen) atoms. The summed E-state index contributed by atoms with van der Waals surface area (Å²) in [6.45, 7) is 0.467. The Balaban J connectivity index is 2.16. The summed E-state index contributed by atoms with van der Waals surface area (Å²) in [7, 11) is 0. The van der Waals surface area contributed by atoms with Crippen molar-refractivity contribution in [3.63, 3.8) is 0 Å². The van der Waals surface area contributed by atoms with Crippen molar-refractivity contribution in [1.82, 2.24) is 9.38 Å². The highest BCUT2D eigenvalue weighted by Gasteiger charge is 2.08. The predicted octanol–water partition coefficient (Wildman–Crippen LogP) is 3.17. The Morgan fingerprint density at radius 1 is 1.29 bits per heavy atom. The van der Waals surface area contributed by atoms with Gasteiger partial charge in [-0.25, -0.2) is 4.98 Å². The van der Waals surface area contributed by atoms with Crippen molar-refractivity contribution in [2.45, 2.75) is 6.54 Å². The molecule has 3 nitrogen and oxygen atoms in total. The Bertz CT molecular complexity index is 654. The van der Waals surface area contributed by atoms with Gasteiger partial charge < -0.3 is 5.73 Å². The molecule has 3 aromatic rings. The number of nitrogens with zero attached hydrogens (tertiary/aromatic N) is 2. The van der Waals surface area contributed by atoms with Crippen molar-refractivity contribution in [1.29, 1.82) is 0 Å². The van der Waals surface area contributed by atoms with Gasteiger partial charge in [-0.3, -0.25) is 4.40 Å². The summed E-state index contributed by atoms with van der Waals surface area (Å²) < 4.78 is 2.07. The first-order chi connectivity index (χ1) is 8.28. The molecule has 0 spiro atoms. The fourth-order valence-corrected chi connectivity index (χ4v) is 2.78. The number of hydrogen-bond donors (Lipinski definition) is 1. The lowest BCUT2D eigenvalue weighted by Gasteiger charge is -1.99. The quantitative estimate of drug-likeness (QED) is 0.772. The second kappa shape index (κ2) is 4.14. The summed E-state index contributed by atoms with van der Waals surface area (Å²) in [5, 5.41) is 2.83. The van der Waals surface area contributed by atoms with E-state index in [2.05, 4.69) is 14.8 Å². The zero-order valence-electron chi connectivity index (χ0n) is 8.93. The van der Waals surface area contributed by atoms with Gasteiger partial charge in [-0.2, -0.15) is 0 Å². The van der Waals surface area contributed by atoms with E-state index in [-0.39, 0.29) is 0 Å². The molecule has 0 saturated heterocycles. The van der Waals surface area contributed by atoms with Crippen molar-refractivity contribution < 1.29 is 0 Å². The molecule has 0 amide bonds. The van der Waals surface area contributed by atoms with Crippen LogP contribution in [0, 0.1) is 0 Å². The number of nitrogens with two attached hydrogens (primary N) is 1. The van der Waals surface area contributed by atoms with E-state index >= 15 is 0 Å². The molecule has 3 rings (SSSR count). The van der Waals surface area contributed by atoms with Crippen LogP contribution in [-0.4, -0.2) is 9.38 Å². The number of benzene rings is 1. The lowest BCUT2D eigenvalue weighted by Crippen LogP contribution is -1.95. The van der Waals surface area contributed by atoms with Crippen LogP contribution in [0.15, 0.2) is 35.8 Å². The van der Waals surface area contributed by atoms with Crippen LogP contribution in [-0.2, 0) is 6.54 Å². The van der Waals surface area contributed by atoms with Gasteiger partial charge in [0.25, 0.3) is 0 Å². The zero-order valence-corrected chi connectivity index (χ0v) is 10.5. The number of imidazole rings is 1. The summed E-state index contributed by atoms with van der Waals surface area (Å²) in [4.78, 5) is 5.39. The Labute approximate surface area is 107 Å². The van der Waals surface area contributed by atoms with Gasteiger partial charge in [0.05, 0.1) is 11.4 Å². The first-order valence-corrected chi connectivity index (χ1v) is 6.45. The minimum Gasteiger partial charge on any atom is -0.325 e. The first-order valence-electron chi connectivity index (χ1n) is 5.19. The topological polar surface area (TPSA) is 43.3 Å². The Morgan fingerprint density at radius 3 is 2.76 bits per heavy atom. The Kier molecular flexibility index (Phi) is 2.63. The molecular formula is C12H10ClN3S. The van der Waals surface area contributed by atoms with Crippen molar-refractivity contribution >= 4 is 27.9 Å². The second-order valence-electron chi connectivity index (χ2n) is 3.72. The third-order valence-electron chi connectivity index (χ3n) is 2.61. The molecule has 0 saturated carbocycles. The molecule has 0 fully saturated rings. The van der Waals surface area contributed by atoms with E-state index in [9.17, 15) is 0 Å². The van der Waals surface area contributed by atoms with Crippen molar-refractivity contribution in [2.75, 3.05) is 0 Å². The van der Waals surface area contributed by atoms with Crippen molar-refractivity contribution in [3.05, 3.63) is 46.6 Å². The van der Waals surface area contributed by atoms with Gasteiger partial charge in [-0.15, -0.1) is 11.3 Å². The van der Waals surface area contributed by atoms with E-state index in [1.165, 1.54) is 0 Å². The van der Waals surface area contributed by atoms with E-state index in [4.69, 9.17) is 17.3 Å². The molecule has 0 aliphatic carbocycles. The monoisotopic (exact) mass is 263 g/mol. The molecule has 0 bridgehead atoms. The number of fused-ring (bicyclic) bond motifs is 1. The molecule has 0 aliphatic heterocycles. The molecule has 1 aromatic carbocycles. The highest BCUT2D eigenvalue weighted by molar-refractivity contribution is 7.15. The predicted molar refractivity (Wildman–Crippen MR) is 71.4 cm³/mol. The maximum absolute atomic E-state index is 5.88. The third kappa shape index (κ3) is 1.84. The van der Waals surface area contributed by atoms with Crippen LogP contribution in [0.5, 0.6) is 0 Å². The van der Waals surface area contributed by atoms with Crippen LogP contribution in [0.2, 0.25) is 5.02 Å². The molecule has 2 aromatic heterocycles. The number of thiazole rings is 1. The minimum absolute atomic E-state index is 0.467. The van der Waals surface area contributed by atoms with Crippen molar-refractivity contribution in [3.8, 4) is 11.3 Å². The Hall–Kier alpha value is -1.36. The lowest BCUT2D eigenvalue weighted by molar-refractivity contribution is 1.02. The van der Waals surface area contributed by atoms with Crippen LogP contribution in [0.1, 0.15) is 5.69 Å². The molecule has 2 N–H and O–H groups in total. The van der Waals surface area contributed by atoms with E-state index in [1.54, 1.807) is 11.3 Å².